The standard InChI is InChI=1S/C9H16N/c1-9(2)7-6-8-10(3,4)5/h1,8H2,2-5H3/q+1. The quantitative estimate of drug-likeness (QED) is 0.378. The van der Waals surface area contributed by atoms with Gasteiger partial charge in [-0.3, -0.25) is 0 Å². The Morgan fingerprint density at radius 1 is 1.40 bits per heavy atom. The van der Waals surface area contributed by atoms with E-state index in [1.54, 1.807) is 0 Å². The Bertz CT molecular complexity index is 173. The molecule has 0 aromatic carbocycles. The molecular weight excluding hydrogens is 122 g/mol. The van der Waals surface area contributed by atoms with Gasteiger partial charge in [0.15, 0.2) is 0 Å². The largest absolute Gasteiger partial charge is 0.321 e. The molecule has 0 heterocycles. The molecular formula is C9H16N+. The molecule has 10 heavy (non-hydrogen) atoms. The highest BCUT2D eigenvalue weighted by Gasteiger charge is 2.00. The van der Waals surface area contributed by atoms with E-state index in [1.165, 1.54) is 0 Å². The number of quaternary nitrogens is 1. The number of allylic oxidation sites excluding steroid dienone is 1. The molecule has 0 aromatic rings. The molecule has 0 amide bonds. The van der Waals surface area contributed by atoms with Gasteiger partial charge in [0.1, 0.15) is 6.54 Å². The van der Waals surface area contributed by atoms with Crippen molar-refractivity contribution in [3.63, 3.8) is 0 Å². The van der Waals surface area contributed by atoms with Gasteiger partial charge in [0.05, 0.1) is 21.1 Å². The third-order valence-corrected chi connectivity index (χ3v) is 0.855. The SMILES string of the molecule is C=C(C)C#CC[N+](C)(C)C. The van der Waals surface area contributed by atoms with Crippen LogP contribution in [0.1, 0.15) is 6.92 Å². The maximum absolute atomic E-state index is 3.69. The molecule has 0 spiro atoms. The Balaban J connectivity index is 3.78. The normalized spacial score (nSPS) is 10.0. The zero-order valence-corrected chi connectivity index (χ0v) is 7.36. The van der Waals surface area contributed by atoms with Crippen molar-refractivity contribution in [1.82, 2.24) is 0 Å². The lowest BCUT2D eigenvalue weighted by Gasteiger charge is -2.19. The third kappa shape index (κ3) is 7.26. The van der Waals surface area contributed by atoms with Crippen molar-refractivity contribution in [1.29, 1.82) is 0 Å². The van der Waals surface area contributed by atoms with Gasteiger partial charge in [0, 0.05) is 0 Å². The summed E-state index contributed by atoms with van der Waals surface area (Å²) >= 11 is 0. The summed E-state index contributed by atoms with van der Waals surface area (Å²) < 4.78 is 0.889. The number of rotatable bonds is 1. The first-order chi connectivity index (χ1) is 4.42. The second kappa shape index (κ2) is 3.43. The molecule has 0 saturated heterocycles. The Morgan fingerprint density at radius 3 is 2.20 bits per heavy atom. The van der Waals surface area contributed by atoms with Crippen LogP contribution in [0.15, 0.2) is 12.2 Å². The van der Waals surface area contributed by atoms with Crippen LogP contribution in [0.4, 0.5) is 0 Å². The van der Waals surface area contributed by atoms with Crippen LogP contribution in [0.5, 0.6) is 0 Å². The third-order valence-electron chi connectivity index (χ3n) is 0.855. The minimum absolute atomic E-state index is 0.882. The Labute approximate surface area is 63.9 Å². The summed E-state index contributed by atoms with van der Waals surface area (Å²) in [6.45, 7) is 6.50. The maximum atomic E-state index is 3.69. The smallest absolute Gasteiger partial charge is 0.140 e. The van der Waals surface area contributed by atoms with Gasteiger partial charge in [0.2, 0.25) is 0 Å². The summed E-state index contributed by atoms with van der Waals surface area (Å²) in [5.74, 6) is 5.99. The summed E-state index contributed by atoms with van der Waals surface area (Å²) in [4.78, 5) is 0. The van der Waals surface area contributed by atoms with Crippen molar-refractivity contribution in [2.75, 3.05) is 27.7 Å². The predicted molar refractivity (Wildman–Crippen MR) is 45.5 cm³/mol. The number of hydrogen-bond donors (Lipinski definition) is 0. The molecule has 0 aromatic heterocycles. The highest BCUT2D eigenvalue weighted by Crippen LogP contribution is 1.87. The average molecular weight is 138 g/mol. The van der Waals surface area contributed by atoms with Gasteiger partial charge in [0.25, 0.3) is 0 Å². The molecule has 56 valence electrons. The minimum atomic E-state index is 0.882. The van der Waals surface area contributed by atoms with E-state index in [0.717, 1.165) is 16.6 Å². The van der Waals surface area contributed by atoms with Gasteiger partial charge < -0.3 is 4.48 Å². The van der Waals surface area contributed by atoms with Gasteiger partial charge in [-0.1, -0.05) is 12.5 Å². The van der Waals surface area contributed by atoms with E-state index >= 15 is 0 Å². The lowest BCUT2D eigenvalue weighted by Crippen LogP contribution is -2.34. The Hall–Kier alpha value is -0.740. The Morgan fingerprint density at radius 2 is 1.90 bits per heavy atom. The summed E-state index contributed by atoms with van der Waals surface area (Å²) in [7, 11) is 6.35. The molecule has 1 heteroatoms. The van der Waals surface area contributed by atoms with Crippen molar-refractivity contribution < 1.29 is 4.48 Å². The Kier molecular flexibility index (Phi) is 3.18. The second-order valence-corrected chi connectivity index (χ2v) is 3.53. The van der Waals surface area contributed by atoms with Crippen molar-refractivity contribution in [3.05, 3.63) is 12.2 Å². The fourth-order valence-electron chi connectivity index (χ4n) is 0.428. The van der Waals surface area contributed by atoms with Crippen LogP contribution in [-0.2, 0) is 0 Å². The first-order valence-corrected chi connectivity index (χ1v) is 3.36. The average Bonchev–Trinajstić information content (AvgIpc) is 1.59. The molecule has 0 radical (unpaired) electrons. The van der Waals surface area contributed by atoms with E-state index < -0.39 is 0 Å². The zero-order chi connectivity index (χ0) is 8.20. The monoisotopic (exact) mass is 138 g/mol. The molecule has 0 rings (SSSR count). The van der Waals surface area contributed by atoms with E-state index in [9.17, 15) is 0 Å². The van der Waals surface area contributed by atoms with Gasteiger partial charge in [-0.05, 0) is 18.4 Å². The van der Waals surface area contributed by atoms with Crippen LogP contribution >= 0.6 is 0 Å². The molecule has 0 bridgehead atoms. The molecule has 0 fully saturated rings. The maximum Gasteiger partial charge on any atom is 0.140 e. The van der Waals surface area contributed by atoms with Gasteiger partial charge >= 0.3 is 0 Å². The first-order valence-electron chi connectivity index (χ1n) is 3.36. The lowest BCUT2D eigenvalue weighted by molar-refractivity contribution is -0.862. The van der Waals surface area contributed by atoms with Crippen LogP contribution < -0.4 is 0 Å². The fourth-order valence-corrected chi connectivity index (χ4v) is 0.428. The summed E-state index contributed by atoms with van der Waals surface area (Å²) in [6, 6.07) is 0. The van der Waals surface area contributed by atoms with Crippen LogP contribution in [0.2, 0.25) is 0 Å². The van der Waals surface area contributed by atoms with E-state index in [1.807, 2.05) is 6.92 Å². The van der Waals surface area contributed by atoms with Crippen molar-refractivity contribution in [3.8, 4) is 11.8 Å². The van der Waals surface area contributed by atoms with Crippen molar-refractivity contribution in [2.24, 2.45) is 0 Å². The minimum Gasteiger partial charge on any atom is -0.321 e. The van der Waals surface area contributed by atoms with Crippen LogP contribution in [0.3, 0.4) is 0 Å². The zero-order valence-electron chi connectivity index (χ0n) is 7.36. The van der Waals surface area contributed by atoms with Gasteiger partial charge in [-0.15, -0.1) is 0 Å². The van der Waals surface area contributed by atoms with Crippen molar-refractivity contribution >= 4 is 0 Å². The van der Waals surface area contributed by atoms with E-state index in [4.69, 9.17) is 0 Å². The molecule has 0 aliphatic rings. The van der Waals surface area contributed by atoms with Gasteiger partial charge in [-0.25, -0.2) is 0 Å². The number of nitrogens with zero attached hydrogens (tertiary/aromatic N) is 1. The van der Waals surface area contributed by atoms with Crippen LogP contribution in [0.25, 0.3) is 0 Å². The summed E-state index contributed by atoms with van der Waals surface area (Å²) in [5, 5.41) is 0. The van der Waals surface area contributed by atoms with E-state index in [2.05, 4.69) is 39.6 Å². The lowest BCUT2D eigenvalue weighted by atomic mass is 10.3. The predicted octanol–water partition coefficient (Wildman–Crippen LogP) is 1.27. The molecule has 0 unspecified atom stereocenters. The van der Waals surface area contributed by atoms with Crippen molar-refractivity contribution in [2.45, 2.75) is 6.92 Å². The van der Waals surface area contributed by atoms with Crippen LogP contribution in [0, 0.1) is 11.8 Å². The molecule has 0 N–H and O–H groups in total. The molecule has 0 atom stereocenters. The topological polar surface area (TPSA) is 0 Å². The molecule has 0 aliphatic heterocycles. The summed E-state index contributed by atoms with van der Waals surface area (Å²) in [5.41, 5.74) is 0.938. The van der Waals surface area contributed by atoms with E-state index in [-0.39, 0.29) is 0 Å². The number of hydrogen-bond acceptors (Lipinski definition) is 0. The fraction of sp³-hybridized carbons (Fsp3) is 0.556. The molecule has 0 aliphatic carbocycles. The summed E-state index contributed by atoms with van der Waals surface area (Å²) in [6.07, 6.45) is 0. The van der Waals surface area contributed by atoms with Gasteiger partial charge in [-0.2, -0.15) is 0 Å². The second-order valence-electron chi connectivity index (χ2n) is 3.53. The molecule has 0 saturated carbocycles. The van der Waals surface area contributed by atoms with Crippen LogP contribution in [-0.4, -0.2) is 32.2 Å². The van der Waals surface area contributed by atoms with E-state index in [0.29, 0.717) is 0 Å². The first kappa shape index (κ1) is 9.26. The highest BCUT2D eigenvalue weighted by molar-refractivity contribution is 5.22. The highest BCUT2D eigenvalue weighted by atomic mass is 15.3. The molecule has 1 nitrogen and oxygen atoms in total.